The fraction of sp³-hybridized carbons (Fsp3) is 0.333. The maximum Gasteiger partial charge on any atom is 0.257 e. The van der Waals surface area contributed by atoms with Crippen LogP contribution in [-0.4, -0.2) is 33.1 Å². The van der Waals surface area contributed by atoms with Gasteiger partial charge in [-0.1, -0.05) is 23.4 Å². The third-order valence-corrected chi connectivity index (χ3v) is 5.98. The normalized spacial score (nSPS) is 14.5. The molecule has 0 unspecified atom stereocenters. The van der Waals surface area contributed by atoms with Crippen LogP contribution in [0.5, 0.6) is 0 Å². The van der Waals surface area contributed by atoms with Crippen LogP contribution in [0.25, 0.3) is 10.9 Å². The number of aromatic nitrogens is 4. The van der Waals surface area contributed by atoms with Crippen LogP contribution in [0.2, 0.25) is 0 Å². The van der Waals surface area contributed by atoms with Gasteiger partial charge in [0.2, 0.25) is 0 Å². The molecule has 3 aromatic heterocycles. The maximum atomic E-state index is 13.2. The number of carbonyl (C=O) groups is 1. The van der Waals surface area contributed by atoms with Gasteiger partial charge in [-0.3, -0.25) is 4.79 Å². The summed E-state index contributed by atoms with van der Waals surface area (Å²) in [4.78, 5) is 26.1. The van der Waals surface area contributed by atoms with Gasteiger partial charge in [-0.15, -0.1) is 0 Å². The number of hydrogen-bond acceptors (Lipinski definition) is 6. The van der Waals surface area contributed by atoms with Gasteiger partial charge in [0.15, 0.2) is 0 Å². The summed E-state index contributed by atoms with van der Waals surface area (Å²) in [6, 6.07) is 9.73. The first-order chi connectivity index (χ1) is 15.5. The van der Waals surface area contributed by atoms with E-state index in [-0.39, 0.29) is 11.9 Å². The molecule has 1 fully saturated rings. The molecule has 1 aliphatic carbocycles. The molecular weight excluding hydrogens is 404 g/mol. The molecule has 0 saturated heterocycles. The predicted octanol–water partition coefficient (Wildman–Crippen LogP) is 4.20. The molecule has 1 amide bonds. The lowest BCUT2D eigenvalue weighted by Crippen LogP contribution is -2.31. The Morgan fingerprint density at radius 2 is 2.06 bits per heavy atom. The second-order valence-electron chi connectivity index (χ2n) is 8.35. The summed E-state index contributed by atoms with van der Waals surface area (Å²) in [7, 11) is 1.85. The number of amides is 1. The molecule has 5 rings (SSSR count). The van der Waals surface area contributed by atoms with E-state index in [1.807, 2.05) is 37.5 Å². The number of para-hydroxylation sites is 1. The summed E-state index contributed by atoms with van der Waals surface area (Å²) in [6.45, 7) is 3.52. The van der Waals surface area contributed by atoms with Crippen LogP contribution in [0.3, 0.4) is 0 Å². The fourth-order valence-corrected chi connectivity index (χ4v) is 4.10. The number of aromatic amines is 1. The Morgan fingerprint density at radius 3 is 2.78 bits per heavy atom. The van der Waals surface area contributed by atoms with Gasteiger partial charge < -0.3 is 20.1 Å². The van der Waals surface area contributed by atoms with Crippen LogP contribution >= 0.6 is 0 Å². The number of anilines is 1. The molecule has 0 spiro atoms. The van der Waals surface area contributed by atoms with Crippen LogP contribution in [0.4, 0.5) is 5.82 Å². The van der Waals surface area contributed by atoms with Crippen molar-refractivity contribution < 1.29 is 9.32 Å². The highest BCUT2D eigenvalue weighted by molar-refractivity contribution is 5.96. The van der Waals surface area contributed by atoms with Gasteiger partial charge in [0.25, 0.3) is 5.91 Å². The lowest BCUT2D eigenvalue weighted by atomic mass is 10.0. The first-order valence-electron chi connectivity index (χ1n) is 10.9. The molecule has 1 aliphatic rings. The van der Waals surface area contributed by atoms with E-state index in [2.05, 4.69) is 31.8 Å². The quantitative estimate of drug-likeness (QED) is 0.406. The largest absolute Gasteiger partial charge is 0.373 e. The van der Waals surface area contributed by atoms with Crippen molar-refractivity contribution in [1.29, 1.82) is 0 Å². The first-order valence-corrected chi connectivity index (χ1v) is 10.9. The topological polar surface area (TPSA) is 109 Å². The molecule has 3 N–H and O–H groups in total. The van der Waals surface area contributed by atoms with Gasteiger partial charge in [-0.2, -0.15) is 0 Å². The molecular formula is C24H26N6O2. The van der Waals surface area contributed by atoms with E-state index < -0.39 is 0 Å². The summed E-state index contributed by atoms with van der Waals surface area (Å²) >= 11 is 0. The molecule has 0 radical (unpaired) electrons. The standard InChI is InChI=1S/C24H26N6O2/c1-13-22(14(2)32-30-13)24(31)28-19(10-16-12-26-18-7-5-4-6-17(16)18)20-11-21(25-3)29-23(27-20)15-8-9-15/h4-7,11-12,15,19,26H,8-10H2,1-3H3,(H,28,31)(H,25,27,29)/t19-/m0/s1. The van der Waals surface area contributed by atoms with E-state index in [1.54, 1.807) is 13.8 Å². The van der Waals surface area contributed by atoms with E-state index in [0.29, 0.717) is 29.4 Å². The molecule has 4 aromatic rings. The lowest BCUT2D eigenvalue weighted by Gasteiger charge is -2.20. The number of rotatable bonds is 7. The van der Waals surface area contributed by atoms with Crippen molar-refractivity contribution in [3.05, 3.63) is 70.6 Å². The molecule has 3 heterocycles. The van der Waals surface area contributed by atoms with Crippen molar-refractivity contribution in [2.75, 3.05) is 12.4 Å². The molecule has 8 nitrogen and oxygen atoms in total. The minimum atomic E-state index is -0.344. The Balaban J connectivity index is 1.54. The minimum Gasteiger partial charge on any atom is -0.373 e. The van der Waals surface area contributed by atoms with E-state index in [1.165, 1.54) is 0 Å². The molecule has 164 valence electrons. The monoisotopic (exact) mass is 430 g/mol. The third-order valence-electron chi connectivity index (χ3n) is 5.98. The van der Waals surface area contributed by atoms with Gasteiger partial charge >= 0.3 is 0 Å². The number of aryl methyl sites for hydroxylation is 2. The second kappa shape index (κ2) is 8.11. The number of carbonyl (C=O) groups excluding carboxylic acids is 1. The molecule has 1 saturated carbocycles. The highest BCUT2D eigenvalue weighted by Crippen LogP contribution is 2.39. The second-order valence-corrected chi connectivity index (χ2v) is 8.35. The molecule has 8 heteroatoms. The van der Waals surface area contributed by atoms with Gasteiger partial charge in [0.05, 0.1) is 17.4 Å². The lowest BCUT2D eigenvalue weighted by molar-refractivity contribution is 0.0933. The zero-order valence-corrected chi connectivity index (χ0v) is 18.4. The summed E-state index contributed by atoms with van der Waals surface area (Å²) in [6.07, 6.45) is 4.79. The average molecular weight is 431 g/mol. The zero-order chi connectivity index (χ0) is 22.2. The van der Waals surface area contributed by atoms with Crippen LogP contribution in [0, 0.1) is 13.8 Å². The summed E-state index contributed by atoms with van der Waals surface area (Å²) in [5, 5.41) is 11.4. The molecule has 1 atom stereocenters. The highest BCUT2D eigenvalue weighted by atomic mass is 16.5. The number of nitrogens with one attached hydrogen (secondary N) is 3. The average Bonchev–Trinajstić information content (AvgIpc) is 3.50. The number of benzene rings is 1. The Bertz CT molecular complexity index is 1270. The summed E-state index contributed by atoms with van der Waals surface area (Å²) in [5.41, 5.74) is 4.01. The van der Waals surface area contributed by atoms with E-state index in [4.69, 9.17) is 9.51 Å². The van der Waals surface area contributed by atoms with E-state index >= 15 is 0 Å². The van der Waals surface area contributed by atoms with Gasteiger partial charge in [0.1, 0.15) is 23.0 Å². The van der Waals surface area contributed by atoms with E-state index in [9.17, 15) is 4.79 Å². The van der Waals surface area contributed by atoms with Crippen LogP contribution in [0.1, 0.15) is 63.7 Å². The SMILES string of the molecule is CNc1cc([C@H](Cc2c[nH]c3ccccc23)NC(=O)c2c(C)noc2C)nc(C2CC2)n1. The molecule has 1 aromatic carbocycles. The first kappa shape index (κ1) is 20.2. The van der Waals surface area contributed by atoms with E-state index in [0.717, 1.165) is 46.6 Å². The van der Waals surface area contributed by atoms with Gasteiger partial charge in [0, 0.05) is 42.6 Å². The van der Waals surface area contributed by atoms with Gasteiger partial charge in [-0.05, 0) is 38.3 Å². The van der Waals surface area contributed by atoms with Crippen molar-refractivity contribution in [2.24, 2.45) is 0 Å². The summed E-state index contributed by atoms with van der Waals surface area (Å²) < 4.78 is 5.21. The van der Waals surface area contributed by atoms with Crippen molar-refractivity contribution in [3.63, 3.8) is 0 Å². The number of fused-ring (bicyclic) bond motifs is 1. The van der Waals surface area contributed by atoms with Gasteiger partial charge in [-0.25, -0.2) is 9.97 Å². The number of H-pyrrole nitrogens is 1. The smallest absolute Gasteiger partial charge is 0.257 e. The number of hydrogen-bond donors (Lipinski definition) is 3. The Labute approximate surface area is 185 Å². The Hall–Kier alpha value is -3.68. The fourth-order valence-electron chi connectivity index (χ4n) is 4.10. The van der Waals surface area contributed by atoms with Crippen LogP contribution < -0.4 is 10.6 Å². The van der Waals surface area contributed by atoms with Crippen LogP contribution in [-0.2, 0) is 6.42 Å². The van der Waals surface area contributed by atoms with Crippen LogP contribution in [0.15, 0.2) is 41.1 Å². The number of nitrogens with zero attached hydrogens (tertiary/aromatic N) is 3. The molecule has 0 aliphatic heterocycles. The van der Waals surface area contributed by atoms with Crippen molar-refractivity contribution in [2.45, 2.75) is 45.1 Å². The van der Waals surface area contributed by atoms with Crippen molar-refractivity contribution in [1.82, 2.24) is 25.4 Å². The maximum absolute atomic E-state index is 13.2. The van der Waals surface area contributed by atoms with Crippen molar-refractivity contribution in [3.8, 4) is 0 Å². The molecule has 0 bridgehead atoms. The van der Waals surface area contributed by atoms with Crippen molar-refractivity contribution >= 4 is 22.6 Å². The highest BCUT2D eigenvalue weighted by Gasteiger charge is 2.29. The zero-order valence-electron chi connectivity index (χ0n) is 18.4. The molecule has 32 heavy (non-hydrogen) atoms. The minimum absolute atomic E-state index is 0.219. The Kier molecular flexibility index (Phi) is 5.13. The third kappa shape index (κ3) is 3.84. The predicted molar refractivity (Wildman–Crippen MR) is 122 cm³/mol. The Morgan fingerprint density at radius 1 is 1.25 bits per heavy atom. The summed E-state index contributed by atoms with van der Waals surface area (Å²) in [5.74, 6) is 2.27.